The molecule has 0 radical (unpaired) electrons. The molecule has 1 aliphatic heterocycles. The first-order chi connectivity index (χ1) is 12.2. The summed E-state index contributed by atoms with van der Waals surface area (Å²) in [6.45, 7) is 5.16. The molecule has 1 fully saturated rings. The van der Waals surface area contributed by atoms with Gasteiger partial charge in [0.2, 0.25) is 5.91 Å². The van der Waals surface area contributed by atoms with Crippen LogP contribution in [0.2, 0.25) is 0 Å². The fraction of sp³-hybridized carbons (Fsp3) is 0.667. The Morgan fingerprint density at radius 2 is 1.88 bits per heavy atom. The minimum Gasteiger partial charge on any atom is -0.497 e. The Bertz CT molecular complexity index is 495. The van der Waals surface area contributed by atoms with Crippen molar-refractivity contribution >= 4 is 5.91 Å². The molecule has 1 aromatic carbocycles. The van der Waals surface area contributed by atoms with Gasteiger partial charge in [0.1, 0.15) is 5.75 Å². The normalized spacial score (nSPS) is 15.1. The topological polar surface area (TPSA) is 41.6 Å². The molecule has 2 rings (SSSR count). The van der Waals surface area contributed by atoms with Crippen molar-refractivity contribution < 1.29 is 9.53 Å². The number of nitrogens with one attached hydrogen (secondary N) is 1. The second kappa shape index (κ2) is 11.1. The Kier molecular flexibility index (Phi) is 8.81. The standard InChI is InChI=1S/C21H34N2O2/c1-3-17-23(19-13-15-22-16-14-19)21(24)8-6-4-5-7-18-9-11-20(25-2)12-10-18/h9-12,19,22H,3-8,13-17H2,1-2H3. The van der Waals surface area contributed by atoms with Crippen LogP contribution >= 0.6 is 0 Å². The summed E-state index contributed by atoms with van der Waals surface area (Å²) in [5.41, 5.74) is 1.34. The highest BCUT2D eigenvalue weighted by molar-refractivity contribution is 5.76. The van der Waals surface area contributed by atoms with E-state index in [1.807, 2.05) is 12.1 Å². The van der Waals surface area contributed by atoms with Gasteiger partial charge in [0.05, 0.1) is 7.11 Å². The molecule has 0 aromatic heterocycles. The van der Waals surface area contributed by atoms with E-state index in [0.29, 0.717) is 18.4 Å². The number of methoxy groups -OCH3 is 1. The van der Waals surface area contributed by atoms with Gasteiger partial charge >= 0.3 is 0 Å². The molecule has 4 nitrogen and oxygen atoms in total. The molecule has 4 heteroatoms. The average Bonchev–Trinajstić information content (AvgIpc) is 2.67. The van der Waals surface area contributed by atoms with Crippen LogP contribution in [-0.2, 0) is 11.2 Å². The van der Waals surface area contributed by atoms with Crippen LogP contribution in [0.4, 0.5) is 0 Å². The Morgan fingerprint density at radius 1 is 1.16 bits per heavy atom. The Labute approximate surface area is 152 Å². The highest BCUT2D eigenvalue weighted by atomic mass is 16.5. The molecular weight excluding hydrogens is 312 g/mol. The van der Waals surface area contributed by atoms with Crippen molar-refractivity contribution in [2.45, 2.75) is 64.3 Å². The number of carbonyl (C=O) groups excluding carboxylic acids is 1. The molecule has 1 aliphatic rings. The van der Waals surface area contributed by atoms with Crippen LogP contribution in [0.5, 0.6) is 5.75 Å². The lowest BCUT2D eigenvalue weighted by Gasteiger charge is -2.34. The molecule has 0 spiro atoms. The molecule has 1 saturated heterocycles. The average molecular weight is 347 g/mol. The third-order valence-electron chi connectivity index (χ3n) is 5.05. The summed E-state index contributed by atoms with van der Waals surface area (Å²) in [4.78, 5) is 14.8. The van der Waals surface area contributed by atoms with Crippen molar-refractivity contribution in [2.75, 3.05) is 26.7 Å². The third kappa shape index (κ3) is 6.69. The molecule has 0 saturated carbocycles. The van der Waals surface area contributed by atoms with E-state index in [9.17, 15) is 4.79 Å². The SMILES string of the molecule is CCCN(C(=O)CCCCCc1ccc(OC)cc1)C1CCNCC1. The highest BCUT2D eigenvalue weighted by Gasteiger charge is 2.23. The number of piperidine rings is 1. The number of benzene rings is 1. The van der Waals surface area contributed by atoms with E-state index in [2.05, 4.69) is 29.3 Å². The monoisotopic (exact) mass is 346 g/mol. The first kappa shape index (κ1) is 19.8. The molecule has 1 aromatic rings. The van der Waals surface area contributed by atoms with Crippen molar-refractivity contribution in [1.82, 2.24) is 10.2 Å². The van der Waals surface area contributed by atoms with Crippen LogP contribution < -0.4 is 10.1 Å². The smallest absolute Gasteiger partial charge is 0.222 e. The zero-order valence-electron chi connectivity index (χ0n) is 15.9. The van der Waals surface area contributed by atoms with Gasteiger partial charge in [-0.1, -0.05) is 25.5 Å². The molecule has 1 N–H and O–H groups in total. The molecule has 1 heterocycles. The van der Waals surface area contributed by atoms with Crippen LogP contribution in [0.3, 0.4) is 0 Å². The molecule has 1 amide bonds. The predicted molar refractivity (Wildman–Crippen MR) is 103 cm³/mol. The van der Waals surface area contributed by atoms with Gasteiger partial charge in [-0.3, -0.25) is 4.79 Å². The summed E-state index contributed by atoms with van der Waals surface area (Å²) in [5, 5.41) is 3.39. The largest absolute Gasteiger partial charge is 0.497 e. The summed E-state index contributed by atoms with van der Waals surface area (Å²) in [6.07, 6.45) is 8.28. The van der Waals surface area contributed by atoms with E-state index in [0.717, 1.165) is 70.3 Å². The summed E-state index contributed by atoms with van der Waals surface area (Å²) in [5.74, 6) is 1.27. The number of rotatable bonds is 10. The molecule has 0 bridgehead atoms. The first-order valence-electron chi connectivity index (χ1n) is 9.87. The van der Waals surface area contributed by atoms with Crippen molar-refractivity contribution in [3.8, 4) is 5.75 Å². The number of aryl methyl sites for hydroxylation is 1. The quantitative estimate of drug-likeness (QED) is 0.655. The zero-order chi connectivity index (χ0) is 17.9. The maximum atomic E-state index is 12.6. The number of hydrogen-bond acceptors (Lipinski definition) is 3. The number of ether oxygens (including phenoxy) is 1. The van der Waals surface area contributed by atoms with Gasteiger partial charge in [-0.05, 0) is 69.3 Å². The van der Waals surface area contributed by atoms with E-state index < -0.39 is 0 Å². The summed E-state index contributed by atoms with van der Waals surface area (Å²) in [6, 6.07) is 8.74. The molecule has 0 aliphatic carbocycles. The van der Waals surface area contributed by atoms with Crippen LogP contribution in [0.1, 0.15) is 57.4 Å². The molecular formula is C21H34N2O2. The van der Waals surface area contributed by atoms with Gasteiger partial charge in [0.25, 0.3) is 0 Å². The van der Waals surface area contributed by atoms with Crippen molar-refractivity contribution in [3.63, 3.8) is 0 Å². The van der Waals surface area contributed by atoms with Crippen LogP contribution in [0.15, 0.2) is 24.3 Å². The van der Waals surface area contributed by atoms with Gasteiger partial charge < -0.3 is 15.0 Å². The predicted octanol–water partition coefficient (Wildman–Crippen LogP) is 3.79. The summed E-state index contributed by atoms with van der Waals surface area (Å²) in [7, 11) is 1.69. The number of hydrogen-bond donors (Lipinski definition) is 1. The van der Waals surface area contributed by atoms with Gasteiger partial charge in [0.15, 0.2) is 0 Å². The van der Waals surface area contributed by atoms with E-state index in [4.69, 9.17) is 4.74 Å². The zero-order valence-corrected chi connectivity index (χ0v) is 15.9. The number of carbonyl (C=O) groups is 1. The van der Waals surface area contributed by atoms with Gasteiger partial charge in [-0.25, -0.2) is 0 Å². The lowest BCUT2D eigenvalue weighted by molar-refractivity contribution is -0.134. The van der Waals surface area contributed by atoms with Crippen molar-refractivity contribution in [3.05, 3.63) is 29.8 Å². The van der Waals surface area contributed by atoms with E-state index in [1.165, 1.54) is 5.56 Å². The fourth-order valence-electron chi connectivity index (χ4n) is 3.59. The molecule has 25 heavy (non-hydrogen) atoms. The maximum absolute atomic E-state index is 12.6. The second-order valence-corrected chi connectivity index (χ2v) is 6.98. The van der Waals surface area contributed by atoms with E-state index in [-0.39, 0.29) is 0 Å². The molecule has 0 unspecified atom stereocenters. The minimum atomic E-state index is 0.359. The first-order valence-corrected chi connectivity index (χ1v) is 9.87. The molecule has 0 atom stereocenters. The maximum Gasteiger partial charge on any atom is 0.222 e. The fourth-order valence-corrected chi connectivity index (χ4v) is 3.59. The third-order valence-corrected chi connectivity index (χ3v) is 5.05. The van der Waals surface area contributed by atoms with Crippen molar-refractivity contribution in [2.24, 2.45) is 0 Å². The minimum absolute atomic E-state index is 0.359. The van der Waals surface area contributed by atoms with Crippen LogP contribution in [0.25, 0.3) is 0 Å². The Balaban J connectivity index is 1.67. The second-order valence-electron chi connectivity index (χ2n) is 6.98. The van der Waals surface area contributed by atoms with E-state index >= 15 is 0 Å². The summed E-state index contributed by atoms with van der Waals surface area (Å²) >= 11 is 0. The summed E-state index contributed by atoms with van der Waals surface area (Å²) < 4.78 is 5.18. The Hall–Kier alpha value is -1.55. The lowest BCUT2D eigenvalue weighted by Crippen LogP contribution is -2.46. The highest BCUT2D eigenvalue weighted by Crippen LogP contribution is 2.17. The number of amides is 1. The Morgan fingerprint density at radius 3 is 2.52 bits per heavy atom. The van der Waals surface area contributed by atoms with Gasteiger partial charge in [-0.2, -0.15) is 0 Å². The number of unbranched alkanes of at least 4 members (excludes halogenated alkanes) is 2. The lowest BCUT2D eigenvalue weighted by atomic mass is 10.0. The molecule has 140 valence electrons. The van der Waals surface area contributed by atoms with Gasteiger partial charge in [0, 0.05) is 19.0 Å². The van der Waals surface area contributed by atoms with Crippen LogP contribution in [-0.4, -0.2) is 43.6 Å². The number of nitrogens with zero attached hydrogens (tertiary/aromatic N) is 1. The van der Waals surface area contributed by atoms with Gasteiger partial charge in [-0.15, -0.1) is 0 Å². The van der Waals surface area contributed by atoms with Crippen molar-refractivity contribution in [1.29, 1.82) is 0 Å². The van der Waals surface area contributed by atoms with Crippen LogP contribution in [0, 0.1) is 0 Å². The van der Waals surface area contributed by atoms with E-state index in [1.54, 1.807) is 7.11 Å².